The molecular weight excluding hydrogens is 252 g/mol. The first kappa shape index (κ1) is 13.9. The Labute approximate surface area is 130 Å². The molecule has 0 aliphatic heterocycles. The summed E-state index contributed by atoms with van der Waals surface area (Å²) in [5.74, 6) is 5.93. The van der Waals surface area contributed by atoms with Gasteiger partial charge in [-0.25, -0.2) is 0 Å². The van der Waals surface area contributed by atoms with E-state index in [2.05, 4.69) is 18.9 Å². The number of terminal acetylenes is 1. The predicted molar refractivity (Wildman–Crippen MR) is 88.7 cm³/mol. The zero-order chi connectivity index (χ0) is 14.5. The van der Waals surface area contributed by atoms with E-state index in [0.717, 1.165) is 24.2 Å². The van der Waals surface area contributed by atoms with Gasteiger partial charge in [-0.05, 0) is 74.5 Å². The lowest BCUT2D eigenvalue weighted by Crippen LogP contribution is -2.49. The van der Waals surface area contributed by atoms with E-state index >= 15 is 0 Å². The molecule has 0 aromatic rings. The van der Waals surface area contributed by atoms with Gasteiger partial charge in [0.1, 0.15) is 0 Å². The van der Waals surface area contributed by atoms with Gasteiger partial charge in [-0.3, -0.25) is 0 Å². The Balaban J connectivity index is 1.73. The molecule has 0 saturated heterocycles. The summed E-state index contributed by atoms with van der Waals surface area (Å²) in [4.78, 5) is 0. The summed E-state index contributed by atoms with van der Waals surface area (Å²) in [5.41, 5.74) is 2.85. The largest absolute Gasteiger partial charge is 0.120 e. The topological polar surface area (TPSA) is 0 Å². The highest BCUT2D eigenvalue weighted by molar-refractivity contribution is 5.27. The zero-order valence-corrected chi connectivity index (χ0v) is 13.7. The lowest BCUT2D eigenvalue weighted by atomic mass is 9.47. The van der Waals surface area contributed by atoms with E-state index in [1.54, 1.807) is 5.57 Å². The Morgan fingerprint density at radius 1 is 1.14 bits per heavy atom. The molecule has 0 aromatic heterocycles. The van der Waals surface area contributed by atoms with Gasteiger partial charge < -0.3 is 0 Å². The van der Waals surface area contributed by atoms with Crippen LogP contribution < -0.4 is 0 Å². The average molecular weight is 282 g/mol. The summed E-state index contributed by atoms with van der Waals surface area (Å²) in [5, 5.41) is 0. The van der Waals surface area contributed by atoms with Crippen molar-refractivity contribution in [2.45, 2.75) is 77.6 Å². The van der Waals surface area contributed by atoms with Gasteiger partial charge in [-0.1, -0.05) is 31.4 Å². The lowest BCUT2D eigenvalue weighted by Gasteiger charge is -2.57. The van der Waals surface area contributed by atoms with Crippen LogP contribution in [0.4, 0.5) is 0 Å². The first-order chi connectivity index (χ1) is 10.2. The van der Waals surface area contributed by atoms with E-state index in [-0.39, 0.29) is 0 Å². The molecule has 0 nitrogen and oxygen atoms in total. The minimum Gasteiger partial charge on any atom is -0.120 e. The van der Waals surface area contributed by atoms with Gasteiger partial charge in [-0.15, -0.1) is 12.3 Å². The van der Waals surface area contributed by atoms with Crippen LogP contribution in [-0.4, -0.2) is 0 Å². The van der Waals surface area contributed by atoms with Crippen molar-refractivity contribution in [3.05, 3.63) is 11.6 Å². The fourth-order valence-electron chi connectivity index (χ4n) is 6.98. The lowest BCUT2D eigenvalue weighted by molar-refractivity contribution is -0.0303. The summed E-state index contributed by atoms with van der Waals surface area (Å²) >= 11 is 0. The molecule has 0 aromatic carbocycles. The van der Waals surface area contributed by atoms with Crippen LogP contribution in [0.2, 0.25) is 0 Å². The van der Waals surface area contributed by atoms with Crippen molar-refractivity contribution in [1.29, 1.82) is 0 Å². The van der Waals surface area contributed by atoms with Crippen LogP contribution in [0.5, 0.6) is 0 Å². The maximum atomic E-state index is 5.84. The molecule has 3 saturated carbocycles. The van der Waals surface area contributed by atoms with Gasteiger partial charge in [0.2, 0.25) is 0 Å². The first-order valence-corrected chi connectivity index (χ1v) is 9.33. The van der Waals surface area contributed by atoms with Crippen molar-refractivity contribution in [3.8, 4) is 12.3 Å². The highest BCUT2D eigenvalue weighted by atomic mass is 14.6. The standard InChI is InChI=1S/C21H30/c1-3-12-21-14-5-4-7-16(21)9-10-17-18-8-6-13-20(18,2)15-11-19(17)21/h1,9,17-19H,4-8,10-15H2,2H3/t17-,18-,19+,20-,21-/m0/s1. The van der Waals surface area contributed by atoms with Crippen LogP contribution in [0.1, 0.15) is 77.6 Å². The molecule has 0 radical (unpaired) electrons. The summed E-state index contributed by atoms with van der Waals surface area (Å²) < 4.78 is 0. The van der Waals surface area contributed by atoms with Crippen molar-refractivity contribution in [3.63, 3.8) is 0 Å². The summed E-state index contributed by atoms with van der Waals surface area (Å²) in [6.07, 6.45) is 23.8. The molecule has 21 heavy (non-hydrogen) atoms. The maximum Gasteiger partial charge on any atom is 0.0183 e. The number of fused-ring (bicyclic) bond motifs is 5. The zero-order valence-electron chi connectivity index (χ0n) is 13.7. The minimum atomic E-state index is 0.417. The van der Waals surface area contributed by atoms with Crippen LogP contribution >= 0.6 is 0 Å². The third-order valence-electron chi connectivity index (χ3n) is 7.94. The smallest absolute Gasteiger partial charge is 0.0183 e. The Kier molecular flexibility index (Phi) is 3.25. The first-order valence-electron chi connectivity index (χ1n) is 9.33. The summed E-state index contributed by atoms with van der Waals surface area (Å²) in [7, 11) is 0. The number of hydrogen-bond acceptors (Lipinski definition) is 0. The van der Waals surface area contributed by atoms with E-state index in [9.17, 15) is 0 Å². The van der Waals surface area contributed by atoms with E-state index in [0.29, 0.717) is 10.8 Å². The second-order valence-electron chi connectivity index (χ2n) is 8.67. The van der Waals surface area contributed by atoms with Crippen molar-refractivity contribution in [1.82, 2.24) is 0 Å². The van der Waals surface area contributed by atoms with E-state index in [4.69, 9.17) is 6.42 Å². The van der Waals surface area contributed by atoms with Gasteiger partial charge in [0.15, 0.2) is 0 Å². The molecular formula is C21H30. The van der Waals surface area contributed by atoms with Crippen LogP contribution in [0, 0.1) is 40.9 Å². The van der Waals surface area contributed by atoms with Crippen molar-refractivity contribution in [2.75, 3.05) is 0 Å². The number of hydrogen-bond donors (Lipinski definition) is 0. The normalized spacial score (nSPS) is 48.6. The molecule has 4 aliphatic carbocycles. The number of allylic oxidation sites excluding steroid dienone is 2. The second-order valence-corrected chi connectivity index (χ2v) is 8.67. The van der Waals surface area contributed by atoms with Crippen LogP contribution in [0.15, 0.2) is 11.6 Å². The molecule has 4 aliphatic rings. The SMILES string of the molecule is C#CC[C@]12CCCCC1=CC[C@@H]1[C@H]2CC[C@]2(C)CCC[C@@H]12. The van der Waals surface area contributed by atoms with Gasteiger partial charge in [0.05, 0.1) is 0 Å². The molecule has 0 unspecified atom stereocenters. The molecule has 0 bridgehead atoms. The molecule has 0 heterocycles. The third-order valence-corrected chi connectivity index (χ3v) is 7.94. The van der Waals surface area contributed by atoms with Crippen molar-refractivity contribution in [2.24, 2.45) is 28.6 Å². The second kappa shape index (κ2) is 4.91. The monoisotopic (exact) mass is 282 g/mol. The highest BCUT2D eigenvalue weighted by Gasteiger charge is 2.56. The van der Waals surface area contributed by atoms with Crippen LogP contribution in [0.3, 0.4) is 0 Å². The van der Waals surface area contributed by atoms with E-state index in [1.807, 2.05) is 0 Å². The molecule has 0 N–H and O–H groups in total. The molecule has 0 amide bonds. The number of rotatable bonds is 1. The van der Waals surface area contributed by atoms with Gasteiger partial charge >= 0.3 is 0 Å². The average Bonchev–Trinajstić information content (AvgIpc) is 2.89. The molecule has 5 atom stereocenters. The maximum absolute atomic E-state index is 5.84. The van der Waals surface area contributed by atoms with Gasteiger partial charge in [-0.2, -0.15) is 0 Å². The quantitative estimate of drug-likeness (QED) is 0.425. The van der Waals surface area contributed by atoms with Crippen LogP contribution in [0.25, 0.3) is 0 Å². The van der Waals surface area contributed by atoms with E-state index in [1.165, 1.54) is 64.2 Å². The highest BCUT2D eigenvalue weighted by Crippen LogP contribution is 2.65. The fraction of sp³-hybridized carbons (Fsp3) is 0.810. The minimum absolute atomic E-state index is 0.417. The predicted octanol–water partition coefficient (Wildman–Crippen LogP) is 5.73. The molecule has 0 spiro atoms. The Hall–Kier alpha value is -0.700. The Morgan fingerprint density at radius 3 is 2.90 bits per heavy atom. The fourth-order valence-corrected chi connectivity index (χ4v) is 6.98. The molecule has 0 heteroatoms. The van der Waals surface area contributed by atoms with Crippen molar-refractivity contribution < 1.29 is 0 Å². The van der Waals surface area contributed by atoms with E-state index < -0.39 is 0 Å². The molecule has 114 valence electrons. The molecule has 4 rings (SSSR count). The summed E-state index contributed by atoms with van der Waals surface area (Å²) in [6, 6.07) is 0. The Bertz CT molecular complexity index is 493. The molecule has 3 fully saturated rings. The summed E-state index contributed by atoms with van der Waals surface area (Å²) in [6.45, 7) is 2.59. The third kappa shape index (κ3) is 1.89. The van der Waals surface area contributed by atoms with Gasteiger partial charge in [0, 0.05) is 11.8 Å². The van der Waals surface area contributed by atoms with Crippen molar-refractivity contribution >= 4 is 0 Å². The Morgan fingerprint density at radius 2 is 2.05 bits per heavy atom. The van der Waals surface area contributed by atoms with Crippen LogP contribution in [-0.2, 0) is 0 Å². The van der Waals surface area contributed by atoms with Gasteiger partial charge in [0.25, 0.3) is 0 Å².